The number of ether oxygens (including phenoxy) is 1. The first-order valence-electron chi connectivity index (χ1n) is 9.12. The Morgan fingerprint density at radius 3 is 2.82 bits per heavy atom. The topological polar surface area (TPSA) is 94.4 Å². The van der Waals surface area contributed by atoms with Gasteiger partial charge in [-0.3, -0.25) is 4.79 Å². The van der Waals surface area contributed by atoms with E-state index < -0.39 is 10.0 Å². The van der Waals surface area contributed by atoms with Gasteiger partial charge < -0.3 is 4.74 Å². The smallest absolute Gasteiger partial charge is 0.287 e. The third-order valence-electron chi connectivity index (χ3n) is 5.36. The molecule has 1 fully saturated rings. The second kappa shape index (κ2) is 6.64. The molecule has 3 aromatic rings. The minimum atomic E-state index is -3.57. The largest absolute Gasteiger partial charge is 0.493 e. The molecule has 2 aromatic heterocycles. The summed E-state index contributed by atoms with van der Waals surface area (Å²) in [5, 5.41) is 9.99. The summed E-state index contributed by atoms with van der Waals surface area (Å²) in [4.78, 5) is 12.9. The van der Waals surface area contributed by atoms with Crippen LogP contribution in [0, 0.1) is 0 Å². The molecule has 10 heteroatoms. The zero-order chi connectivity index (χ0) is 19.3. The zero-order valence-electron chi connectivity index (χ0n) is 14.9. The van der Waals surface area contributed by atoms with Crippen LogP contribution < -0.4 is 10.3 Å². The first-order valence-corrected chi connectivity index (χ1v) is 11.4. The van der Waals surface area contributed by atoms with Gasteiger partial charge in [-0.1, -0.05) is 5.21 Å². The fraction of sp³-hybridized carbons (Fsp3) is 0.389. The van der Waals surface area contributed by atoms with Crippen molar-refractivity contribution in [2.24, 2.45) is 0 Å². The number of piperidine rings is 1. The molecule has 0 unspecified atom stereocenters. The highest BCUT2D eigenvalue weighted by molar-refractivity contribution is 7.89. The van der Waals surface area contributed by atoms with Crippen molar-refractivity contribution in [3.05, 3.63) is 45.6 Å². The summed E-state index contributed by atoms with van der Waals surface area (Å²) in [6.45, 7) is 1.28. The van der Waals surface area contributed by atoms with E-state index in [1.165, 1.54) is 20.3 Å². The lowest BCUT2D eigenvalue weighted by atomic mass is 10.1. The van der Waals surface area contributed by atoms with E-state index in [1.54, 1.807) is 24.3 Å². The molecule has 8 nitrogen and oxygen atoms in total. The van der Waals surface area contributed by atoms with Crippen LogP contribution in [-0.2, 0) is 16.4 Å². The van der Waals surface area contributed by atoms with Crippen LogP contribution in [-0.4, -0.2) is 47.4 Å². The predicted molar refractivity (Wildman–Crippen MR) is 104 cm³/mol. The number of sulfonamides is 1. The van der Waals surface area contributed by atoms with Gasteiger partial charge in [0.2, 0.25) is 10.0 Å². The molecule has 28 heavy (non-hydrogen) atoms. The zero-order valence-corrected chi connectivity index (χ0v) is 16.6. The lowest BCUT2D eigenvalue weighted by Gasteiger charge is -2.31. The van der Waals surface area contributed by atoms with E-state index in [2.05, 4.69) is 10.3 Å². The van der Waals surface area contributed by atoms with Crippen molar-refractivity contribution in [2.75, 3.05) is 19.7 Å². The van der Waals surface area contributed by atoms with E-state index in [0.717, 1.165) is 17.7 Å². The molecule has 0 radical (unpaired) electrons. The van der Waals surface area contributed by atoms with Crippen molar-refractivity contribution in [2.45, 2.75) is 30.2 Å². The Morgan fingerprint density at radius 1 is 1.18 bits per heavy atom. The summed E-state index contributed by atoms with van der Waals surface area (Å²) in [5.74, 6) is 0.763. The molecule has 2 aliphatic heterocycles. The van der Waals surface area contributed by atoms with Crippen LogP contribution in [0.25, 0.3) is 10.2 Å². The van der Waals surface area contributed by atoms with Gasteiger partial charge in [0.1, 0.15) is 16.0 Å². The monoisotopic (exact) mass is 418 g/mol. The minimum absolute atomic E-state index is 0.147. The fourth-order valence-corrected chi connectivity index (χ4v) is 6.10. The van der Waals surface area contributed by atoms with Gasteiger partial charge in [0.05, 0.1) is 17.5 Å². The van der Waals surface area contributed by atoms with Gasteiger partial charge >= 0.3 is 0 Å². The Balaban J connectivity index is 1.36. The average molecular weight is 419 g/mol. The maximum Gasteiger partial charge on any atom is 0.287 e. The van der Waals surface area contributed by atoms with Crippen molar-refractivity contribution >= 4 is 31.6 Å². The minimum Gasteiger partial charge on any atom is -0.493 e. The standard InChI is InChI=1S/C18H18N4O4S2/c23-18-17-15(6-10-27-17)19-20-22(18)13-3-7-21(8-4-13)28(24,25)14-1-2-16-12(11-14)5-9-26-16/h1-2,6,10-11,13H,3-5,7-9H2. The number of nitrogens with zero attached hydrogens (tertiary/aromatic N) is 4. The highest BCUT2D eigenvalue weighted by Crippen LogP contribution is 2.31. The maximum atomic E-state index is 13.0. The summed E-state index contributed by atoms with van der Waals surface area (Å²) in [5.41, 5.74) is 1.38. The second-order valence-corrected chi connectivity index (χ2v) is 9.83. The number of thiophene rings is 1. The fourth-order valence-electron chi connectivity index (χ4n) is 3.82. The third-order valence-corrected chi connectivity index (χ3v) is 8.15. The lowest BCUT2D eigenvalue weighted by molar-refractivity contribution is 0.252. The van der Waals surface area contributed by atoms with E-state index in [0.29, 0.717) is 47.7 Å². The molecular formula is C18H18N4O4S2. The van der Waals surface area contributed by atoms with Gasteiger partial charge in [-0.25, -0.2) is 13.1 Å². The molecule has 0 N–H and O–H groups in total. The summed E-state index contributed by atoms with van der Waals surface area (Å²) in [6, 6.07) is 6.67. The molecule has 146 valence electrons. The number of benzene rings is 1. The van der Waals surface area contributed by atoms with E-state index in [-0.39, 0.29) is 11.6 Å². The molecule has 0 spiro atoms. The summed E-state index contributed by atoms with van der Waals surface area (Å²) < 4.78 is 35.0. The highest BCUT2D eigenvalue weighted by atomic mass is 32.2. The van der Waals surface area contributed by atoms with Gasteiger partial charge in [0, 0.05) is 19.5 Å². The Bertz CT molecular complexity index is 1210. The molecule has 0 saturated carbocycles. The predicted octanol–water partition coefficient (Wildman–Crippen LogP) is 1.81. The molecule has 0 amide bonds. The first-order chi connectivity index (χ1) is 13.5. The summed E-state index contributed by atoms with van der Waals surface area (Å²) in [7, 11) is -3.57. The number of aromatic nitrogens is 3. The Morgan fingerprint density at radius 2 is 2.00 bits per heavy atom. The molecule has 0 aliphatic carbocycles. The number of hydrogen-bond acceptors (Lipinski definition) is 7. The Kier molecular flexibility index (Phi) is 4.22. The van der Waals surface area contributed by atoms with Crippen molar-refractivity contribution < 1.29 is 13.2 Å². The molecule has 1 saturated heterocycles. The van der Waals surface area contributed by atoms with Crippen molar-refractivity contribution in [3.8, 4) is 5.75 Å². The van der Waals surface area contributed by atoms with Crippen LogP contribution in [0.2, 0.25) is 0 Å². The van der Waals surface area contributed by atoms with E-state index in [9.17, 15) is 13.2 Å². The van der Waals surface area contributed by atoms with Crippen LogP contribution in [0.5, 0.6) is 5.75 Å². The van der Waals surface area contributed by atoms with E-state index in [4.69, 9.17) is 4.74 Å². The molecule has 1 aromatic carbocycles. The quantitative estimate of drug-likeness (QED) is 0.644. The van der Waals surface area contributed by atoms with Crippen LogP contribution in [0.4, 0.5) is 0 Å². The van der Waals surface area contributed by atoms with Gasteiger partial charge in [-0.15, -0.1) is 16.4 Å². The van der Waals surface area contributed by atoms with Crippen LogP contribution in [0.1, 0.15) is 24.4 Å². The van der Waals surface area contributed by atoms with Crippen molar-refractivity contribution in [3.63, 3.8) is 0 Å². The van der Waals surface area contributed by atoms with Crippen molar-refractivity contribution in [1.29, 1.82) is 0 Å². The van der Waals surface area contributed by atoms with Gasteiger partial charge in [-0.05, 0) is 48.1 Å². The molecular weight excluding hydrogens is 400 g/mol. The SMILES string of the molecule is O=c1c2sccc2nnn1C1CCN(S(=O)(=O)c2ccc3c(c2)CCO3)CC1. The molecule has 4 heterocycles. The summed E-state index contributed by atoms with van der Waals surface area (Å²) in [6.07, 6.45) is 1.78. The highest BCUT2D eigenvalue weighted by Gasteiger charge is 2.32. The van der Waals surface area contributed by atoms with E-state index >= 15 is 0 Å². The Hall–Kier alpha value is -2.30. The second-order valence-electron chi connectivity index (χ2n) is 6.98. The average Bonchev–Trinajstić information content (AvgIpc) is 3.37. The van der Waals surface area contributed by atoms with Crippen LogP contribution >= 0.6 is 11.3 Å². The van der Waals surface area contributed by atoms with Gasteiger partial charge in [0.25, 0.3) is 5.56 Å². The maximum absolute atomic E-state index is 13.0. The van der Waals surface area contributed by atoms with Crippen molar-refractivity contribution in [1.82, 2.24) is 19.3 Å². The number of hydrogen-bond donors (Lipinski definition) is 0. The Labute approximate surface area is 165 Å². The molecule has 0 atom stereocenters. The molecule has 0 bridgehead atoms. The van der Waals surface area contributed by atoms with Crippen LogP contribution in [0.15, 0.2) is 39.3 Å². The molecule has 2 aliphatic rings. The first kappa shape index (κ1) is 17.8. The summed E-state index contributed by atoms with van der Waals surface area (Å²) >= 11 is 1.35. The number of fused-ring (bicyclic) bond motifs is 2. The number of rotatable bonds is 3. The van der Waals surface area contributed by atoms with Gasteiger partial charge in [-0.2, -0.15) is 4.31 Å². The third kappa shape index (κ3) is 2.83. The normalized spacial score (nSPS) is 18.3. The molecule has 5 rings (SSSR count). The van der Waals surface area contributed by atoms with Gasteiger partial charge in [0.15, 0.2) is 0 Å². The lowest BCUT2D eigenvalue weighted by Crippen LogP contribution is -2.41. The van der Waals surface area contributed by atoms with E-state index in [1.807, 2.05) is 5.38 Å². The van der Waals surface area contributed by atoms with Crippen LogP contribution in [0.3, 0.4) is 0 Å².